The predicted molar refractivity (Wildman–Crippen MR) is 122 cm³/mol. The quantitative estimate of drug-likeness (QED) is 0.287. The number of fused-ring (bicyclic) bond motifs is 2. The second kappa shape index (κ2) is 7.69. The smallest absolute Gasteiger partial charge is 0.354 e. The molecular formula is C22H19N7O5. The minimum atomic E-state index is -1.27. The third-order valence-corrected chi connectivity index (χ3v) is 5.87. The first-order valence-corrected chi connectivity index (χ1v) is 10.3. The number of carbonyl (C=O) groups excluding carboxylic acids is 1. The number of benzene rings is 1. The first-order valence-electron chi connectivity index (χ1n) is 10.3. The Labute approximate surface area is 191 Å². The Morgan fingerprint density at radius 3 is 2.62 bits per heavy atom. The maximum Gasteiger partial charge on any atom is 0.354 e. The first kappa shape index (κ1) is 21.1. The third-order valence-electron chi connectivity index (χ3n) is 5.87. The molecule has 1 aliphatic heterocycles. The maximum atomic E-state index is 12.7. The summed E-state index contributed by atoms with van der Waals surface area (Å²) in [4.78, 5) is 53.5. The molecule has 1 aliphatic rings. The molecule has 2 aromatic heterocycles. The van der Waals surface area contributed by atoms with Gasteiger partial charge in [-0.1, -0.05) is 18.2 Å². The molecule has 0 fully saturated rings. The number of carboxylic acid groups (broad SMARTS) is 1. The summed E-state index contributed by atoms with van der Waals surface area (Å²) in [7, 11) is 0. The zero-order valence-corrected chi connectivity index (χ0v) is 17.7. The van der Waals surface area contributed by atoms with Crippen LogP contribution >= 0.6 is 0 Å². The van der Waals surface area contributed by atoms with E-state index in [1.807, 2.05) is 18.2 Å². The van der Waals surface area contributed by atoms with Crippen LogP contribution in [0.15, 0.2) is 39.9 Å². The number of nitrogen functional groups attached to an aromatic ring is 2. The van der Waals surface area contributed by atoms with Gasteiger partial charge in [0.15, 0.2) is 11.3 Å². The average Bonchev–Trinajstić information content (AvgIpc) is 3.21. The molecule has 12 nitrogen and oxygen atoms in total. The molecule has 0 unspecified atom stereocenters. The summed E-state index contributed by atoms with van der Waals surface area (Å²) in [5.41, 5.74) is 13.1. The third kappa shape index (κ3) is 3.41. The highest BCUT2D eigenvalue weighted by atomic mass is 16.4. The summed E-state index contributed by atoms with van der Waals surface area (Å²) in [6.45, 7) is 1.18. The van der Waals surface area contributed by atoms with Gasteiger partial charge in [0.25, 0.3) is 16.8 Å². The number of nitrogens with one attached hydrogen (secondary N) is 1. The Bertz CT molecular complexity index is 1560. The number of carboxylic acids is 1. The lowest BCUT2D eigenvalue weighted by Crippen LogP contribution is -2.44. The Kier molecular flexibility index (Phi) is 4.78. The lowest BCUT2D eigenvalue weighted by atomic mass is 9.96. The molecule has 2 aromatic carbocycles. The van der Waals surface area contributed by atoms with E-state index in [1.165, 1.54) is 6.07 Å². The Balaban J connectivity index is 1.33. The normalized spacial score (nSPS) is 13.2. The molecule has 34 heavy (non-hydrogen) atoms. The monoisotopic (exact) mass is 461 g/mol. The van der Waals surface area contributed by atoms with Gasteiger partial charge in [0.1, 0.15) is 22.9 Å². The van der Waals surface area contributed by atoms with Gasteiger partial charge < -0.3 is 26.8 Å². The molecule has 0 spiro atoms. The fraction of sp³-hybridized carbons (Fsp3) is 0.182. The molecule has 1 amide bonds. The van der Waals surface area contributed by atoms with E-state index >= 15 is 0 Å². The van der Waals surface area contributed by atoms with E-state index in [-0.39, 0.29) is 40.8 Å². The predicted octanol–water partition coefficient (Wildman–Crippen LogP) is -0.319. The summed E-state index contributed by atoms with van der Waals surface area (Å²) in [6, 6.07) is 8.28. The second-order valence-electron chi connectivity index (χ2n) is 8.05. The van der Waals surface area contributed by atoms with E-state index in [2.05, 4.69) is 15.4 Å². The zero-order valence-electron chi connectivity index (χ0n) is 17.7. The largest absolute Gasteiger partial charge is 0.477 e. The summed E-state index contributed by atoms with van der Waals surface area (Å²) >= 11 is 0. The molecule has 0 bridgehead atoms. The average molecular weight is 461 g/mol. The number of nitrogens with two attached hydrogens (primary N) is 2. The van der Waals surface area contributed by atoms with Crippen molar-refractivity contribution in [1.29, 1.82) is 0 Å². The molecule has 172 valence electrons. The Hall–Kier alpha value is -4.74. The van der Waals surface area contributed by atoms with Crippen LogP contribution in [0.3, 0.4) is 0 Å². The van der Waals surface area contributed by atoms with Gasteiger partial charge in [-0.25, -0.2) is 14.3 Å². The molecule has 12 heteroatoms. The fourth-order valence-corrected chi connectivity index (χ4v) is 4.16. The van der Waals surface area contributed by atoms with Crippen molar-refractivity contribution in [2.45, 2.75) is 19.5 Å². The van der Waals surface area contributed by atoms with Crippen LogP contribution in [0.2, 0.25) is 0 Å². The van der Waals surface area contributed by atoms with Crippen molar-refractivity contribution in [2.75, 3.05) is 22.9 Å². The number of anilines is 3. The van der Waals surface area contributed by atoms with Crippen molar-refractivity contribution < 1.29 is 14.7 Å². The molecule has 0 saturated carbocycles. The molecular weight excluding hydrogens is 442 g/mol. The number of hydrogen-bond acceptors (Lipinski definition) is 9. The van der Waals surface area contributed by atoms with Gasteiger partial charge >= 0.3 is 5.97 Å². The standard InChI is InChI=1S/C22H19N7O5/c23-15-7-16-26-13(6-14(22(33)34)29(16)27-15)21(32)25-8-10-1-2-11-3-4-28(9-12(11)5-10)18-17(24)19(30)20(18)31/h1-2,5-7H,3-4,8-9,24H2,(H2,23,27)(H,25,32)(H,33,34). The van der Waals surface area contributed by atoms with E-state index < -0.39 is 22.7 Å². The SMILES string of the molecule is Nc1cc2nc(C(=O)NCc3ccc4c(c3)CN(c3c(N)c(=O)c3=O)CC4)cc(C(=O)O)n2n1. The number of amides is 1. The topological polar surface area (TPSA) is 186 Å². The molecule has 0 atom stereocenters. The van der Waals surface area contributed by atoms with Gasteiger partial charge in [-0.2, -0.15) is 0 Å². The van der Waals surface area contributed by atoms with Gasteiger partial charge in [0, 0.05) is 31.8 Å². The summed E-state index contributed by atoms with van der Waals surface area (Å²) in [5, 5.41) is 16.0. The van der Waals surface area contributed by atoms with E-state index in [1.54, 1.807) is 4.90 Å². The molecule has 4 aromatic rings. The number of nitrogens with zero attached hydrogens (tertiary/aromatic N) is 4. The van der Waals surface area contributed by atoms with Gasteiger partial charge in [-0.3, -0.25) is 14.4 Å². The van der Waals surface area contributed by atoms with E-state index in [0.29, 0.717) is 19.5 Å². The van der Waals surface area contributed by atoms with Crippen LogP contribution < -0.4 is 32.5 Å². The summed E-state index contributed by atoms with van der Waals surface area (Å²) in [5.74, 6) is -1.74. The van der Waals surface area contributed by atoms with Crippen molar-refractivity contribution in [2.24, 2.45) is 0 Å². The fourth-order valence-electron chi connectivity index (χ4n) is 4.16. The van der Waals surface area contributed by atoms with Gasteiger partial charge in [0.2, 0.25) is 0 Å². The van der Waals surface area contributed by atoms with Crippen LogP contribution in [0.25, 0.3) is 5.65 Å². The van der Waals surface area contributed by atoms with Gasteiger partial charge in [0.05, 0.1) is 0 Å². The lowest BCUT2D eigenvalue weighted by Gasteiger charge is -2.32. The van der Waals surface area contributed by atoms with Crippen molar-refractivity contribution in [1.82, 2.24) is 19.9 Å². The molecule has 0 radical (unpaired) electrons. The maximum absolute atomic E-state index is 12.7. The lowest BCUT2D eigenvalue weighted by molar-refractivity contribution is 0.0687. The minimum Gasteiger partial charge on any atom is -0.477 e. The van der Waals surface area contributed by atoms with Crippen LogP contribution in [0.4, 0.5) is 17.2 Å². The van der Waals surface area contributed by atoms with Crippen LogP contribution in [0, 0.1) is 0 Å². The highest BCUT2D eigenvalue weighted by molar-refractivity contribution is 5.96. The number of rotatable bonds is 5. The van der Waals surface area contributed by atoms with Crippen LogP contribution in [0.5, 0.6) is 0 Å². The van der Waals surface area contributed by atoms with Crippen molar-refractivity contribution >= 4 is 34.7 Å². The second-order valence-corrected chi connectivity index (χ2v) is 8.05. The van der Waals surface area contributed by atoms with Crippen molar-refractivity contribution in [3.8, 4) is 0 Å². The van der Waals surface area contributed by atoms with Crippen molar-refractivity contribution in [3.63, 3.8) is 0 Å². The number of aromatic nitrogens is 3. The van der Waals surface area contributed by atoms with E-state index in [4.69, 9.17) is 11.5 Å². The number of hydrogen-bond donors (Lipinski definition) is 4. The molecule has 0 saturated heterocycles. The Morgan fingerprint density at radius 2 is 1.88 bits per heavy atom. The summed E-state index contributed by atoms with van der Waals surface area (Å²) in [6.07, 6.45) is 0.691. The van der Waals surface area contributed by atoms with Gasteiger partial charge in [-0.05, 0) is 23.1 Å². The minimum absolute atomic E-state index is 0.00186. The number of aromatic carboxylic acids is 1. The highest BCUT2D eigenvalue weighted by Gasteiger charge is 2.27. The molecule has 0 aliphatic carbocycles. The summed E-state index contributed by atoms with van der Waals surface area (Å²) < 4.78 is 1.06. The number of carbonyl (C=O) groups is 2. The van der Waals surface area contributed by atoms with Crippen LogP contribution in [0.1, 0.15) is 37.7 Å². The highest BCUT2D eigenvalue weighted by Crippen LogP contribution is 2.26. The molecule has 6 N–H and O–H groups in total. The van der Waals surface area contributed by atoms with Gasteiger partial charge in [-0.15, -0.1) is 5.10 Å². The molecule has 3 heterocycles. The van der Waals surface area contributed by atoms with Crippen LogP contribution in [-0.4, -0.2) is 38.1 Å². The first-order chi connectivity index (χ1) is 16.2. The van der Waals surface area contributed by atoms with Crippen molar-refractivity contribution in [3.05, 3.63) is 78.9 Å². The molecule has 5 rings (SSSR count). The zero-order chi connectivity index (χ0) is 24.1. The van der Waals surface area contributed by atoms with E-state index in [0.717, 1.165) is 27.3 Å². The van der Waals surface area contributed by atoms with Crippen LogP contribution in [-0.2, 0) is 19.5 Å². The van der Waals surface area contributed by atoms with E-state index in [9.17, 15) is 24.3 Å². The Morgan fingerprint density at radius 1 is 1.09 bits per heavy atom.